The Kier molecular flexibility index (Phi) is 3.97. The molecule has 1 atom stereocenters. The van der Waals surface area contributed by atoms with E-state index in [1.165, 1.54) is 6.92 Å². The number of halogens is 1. The molecule has 0 heterocycles. The van der Waals surface area contributed by atoms with Gasteiger partial charge >= 0.3 is 0 Å². The fraction of sp³-hybridized carbons (Fsp3) is 0.750. The van der Waals surface area contributed by atoms with Crippen molar-refractivity contribution in [3.63, 3.8) is 0 Å². The molecule has 5 heteroatoms. The van der Waals surface area contributed by atoms with Crippen molar-refractivity contribution in [2.45, 2.75) is 25.5 Å². The Morgan fingerprint density at radius 1 is 1.62 bits per heavy atom. The lowest BCUT2D eigenvalue weighted by atomic mass is 9.90. The molecule has 0 rings (SSSR count). The van der Waals surface area contributed by atoms with Gasteiger partial charge in [0.25, 0.3) is 0 Å². The van der Waals surface area contributed by atoms with Crippen LogP contribution >= 0.6 is 10.7 Å². The summed E-state index contributed by atoms with van der Waals surface area (Å²) in [6, 6.07) is 0. The van der Waals surface area contributed by atoms with Crippen molar-refractivity contribution < 1.29 is 13.5 Å². The Bertz CT molecular complexity index is 295. The Morgan fingerprint density at radius 3 is 2.08 bits per heavy atom. The van der Waals surface area contributed by atoms with E-state index in [9.17, 15) is 8.42 Å². The SMILES string of the molecule is C=C(CO)C(C)(C(C)C)S(=O)(=O)Cl. The van der Waals surface area contributed by atoms with Gasteiger partial charge in [0.1, 0.15) is 4.75 Å². The van der Waals surface area contributed by atoms with Gasteiger partial charge < -0.3 is 5.11 Å². The maximum Gasteiger partial charge on any atom is 0.242 e. The molecule has 0 amide bonds. The lowest BCUT2D eigenvalue weighted by Gasteiger charge is -2.31. The van der Waals surface area contributed by atoms with Gasteiger partial charge in [0.05, 0.1) is 6.61 Å². The van der Waals surface area contributed by atoms with Gasteiger partial charge in [-0.3, -0.25) is 0 Å². The van der Waals surface area contributed by atoms with Crippen molar-refractivity contribution >= 4 is 19.7 Å². The summed E-state index contributed by atoms with van der Waals surface area (Å²) in [7, 11) is 1.55. The van der Waals surface area contributed by atoms with Crippen LogP contribution in [-0.2, 0) is 9.05 Å². The molecule has 0 saturated heterocycles. The lowest BCUT2D eigenvalue weighted by Crippen LogP contribution is -2.40. The molecule has 13 heavy (non-hydrogen) atoms. The monoisotopic (exact) mass is 226 g/mol. The minimum Gasteiger partial charge on any atom is -0.392 e. The third-order valence-electron chi connectivity index (χ3n) is 2.50. The van der Waals surface area contributed by atoms with E-state index in [1.807, 2.05) is 0 Å². The van der Waals surface area contributed by atoms with Crippen molar-refractivity contribution in [2.75, 3.05) is 6.61 Å². The van der Waals surface area contributed by atoms with Gasteiger partial charge in [-0.05, 0) is 18.4 Å². The van der Waals surface area contributed by atoms with Gasteiger partial charge in [0, 0.05) is 10.7 Å². The quantitative estimate of drug-likeness (QED) is 0.584. The molecule has 0 spiro atoms. The second kappa shape index (κ2) is 3.98. The second-order valence-electron chi connectivity index (χ2n) is 3.46. The van der Waals surface area contributed by atoms with E-state index in [4.69, 9.17) is 15.8 Å². The van der Waals surface area contributed by atoms with Crippen molar-refractivity contribution in [1.82, 2.24) is 0 Å². The molecule has 0 radical (unpaired) electrons. The summed E-state index contributed by atoms with van der Waals surface area (Å²) in [6.07, 6.45) is 0. The largest absolute Gasteiger partial charge is 0.392 e. The summed E-state index contributed by atoms with van der Waals surface area (Å²) in [5.41, 5.74) is 0.220. The molecule has 1 N–H and O–H groups in total. The van der Waals surface area contributed by atoms with E-state index in [-0.39, 0.29) is 18.1 Å². The third-order valence-corrected chi connectivity index (χ3v) is 5.24. The maximum absolute atomic E-state index is 11.3. The van der Waals surface area contributed by atoms with E-state index in [0.717, 1.165) is 0 Å². The first-order valence-electron chi connectivity index (χ1n) is 3.91. The molecule has 0 saturated carbocycles. The Balaban J connectivity index is 5.34. The van der Waals surface area contributed by atoms with Gasteiger partial charge in [-0.1, -0.05) is 20.4 Å². The van der Waals surface area contributed by atoms with Crippen LogP contribution in [0.4, 0.5) is 0 Å². The number of rotatable bonds is 4. The van der Waals surface area contributed by atoms with E-state index < -0.39 is 13.8 Å². The molecule has 0 aromatic carbocycles. The Hall–Kier alpha value is -0.0600. The predicted octanol–water partition coefficient (Wildman–Crippen LogP) is 1.52. The van der Waals surface area contributed by atoms with Crippen molar-refractivity contribution in [3.05, 3.63) is 12.2 Å². The van der Waals surface area contributed by atoms with E-state index >= 15 is 0 Å². The van der Waals surface area contributed by atoms with E-state index in [2.05, 4.69) is 6.58 Å². The third kappa shape index (κ3) is 2.24. The summed E-state index contributed by atoms with van der Waals surface area (Å²) >= 11 is 0. The van der Waals surface area contributed by atoms with Crippen LogP contribution in [0.1, 0.15) is 20.8 Å². The van der Waals surface area contributed by atoms with Crippen LogP contribution in [0.5, 0.6) is 0 Å². The molecular formula is C8H15ClO3S. The van der Waals surface area contributed by atoms with Crippen LogP contribution in [0, 0.1) is 5.92 Å². The standard InChI is InChI=1S/C8H15ClO3S/c1-6(2)8(4,7(3)5-10)13(9,11)12/h6,10H,3,5H2,1-2,4H3. The van der Waals surface area contributed by atoms with Crippen LogP contribution in [0.15, 0.2) is 12.2 Å². The summed E-state index contributed by atoms with van der Waals surface area (Å²) in [4.78, 5) is 0. The zero-order valence-corrected chi connectivity index (χ0v) is 9.61. The zero-order valence-electron chi connectivity index (χ0n) is 8.04. The summed E-state index contributed by atoms with van der Waals surface area (Å²) in [6.45, 7) is 8.06. The molecule has 0 aliphatic carbocycles. The second-order valence-corrected chi connectivity index (χ2v) is 6.40. The van der Waals surface area contributed by atoms with Crippen LogP contribution in [0.2, 0.25) is 0 Å². The fourth-order valence-electron chi connectivity index (χ4n) is 1.02. The minimum absolute atomic E-state index is 0.220. The molecule has 0 aromatic heterocycles. The predicted molar refractivity (Wildman–Crippen MR) is 54.2 cm³/mol. The highest BCUT2D eigenvalue weighted by molar-refractivity contribution is 8.15. The molecule has 0 aromatic rings. The highest BCUT2D eigenvalue weighted by Crippen LogP contribution is 2.35. The van der Waals surface area contributed by atoms with Crippen molar-refractivity contribution in [1.29, 1.82) is 0 Å². The van der Waals surface area contributed by atoms with Gasteiger partial charge in [-0.25, -0.2) is 8.42 Å². The van der Waals surface area contributed by atoms with Crippen molar-refractivity contribution in [3.8, 4) is 0 Å². The molecule has 3 nitrogen and oxygen atoms in total. The number of aliphatic hydroxyl groups is 1. The maximum atomic E-state index is 11.3. The van der Waals surface area contributed by atoms with Crippen molar-refractivity contribution in [2.24, 2.45) is 5.92 Å². The van der Waals surface area contributed by atoms with Crippen LogP contribution < -0.4 is 0 Å². The fourth-order valence-corrected chi connectivity index (χ4v) is 2.85. The first-order chi connectivity index (χ1) is 5.67. The molecule has 0 aliphatic rings. The molecule has 0 bridgehead atoms. The average Bonchev–Trinajstić information content (AvgIpc) is 1.98. The molecule has 0 aliphatic heterocycles. The average molecular weight is 227 g/mol. The van der Waals surface area contributed by atoms with Crippen LogP contribution in [0.3, 0.4) is 0 Å². The van der Waals surface area contributed by atoms with Gasteiger partial charge in [-0.15, -0.1) is 0 Å². The van der Waals surface area contributed by atoms with Gasteiger partial charge in [0.2, 0.25) is 9.05 Å². The molecule has 78 valence electrons. The summed E-state index contributed by atoms with van der Waals surface area (Å²) < 4.78 is 21.3. The zero-order chi connectivity index (χ0) is 10.9. The normalized spacial score (nSPS) is 17.1. The Morgan fingerprint density at radius 2 is 2.00 bits per heavy atom. The Labute approximate surface area is 83.8 Å². The smallest absolute Gasteiger partial charge is 0.242 e. The van der Waals surface area contributed by atoms with E-state index in [1.54, 1.807) is 13.8 Å². The topological polar surface area (TPSA) is 54.4 Å². The highest BCUT2D eigenvalue weighted by atomic mass is 35.7. The molecular weight excluding hydrogens is 212 g/mol. The number of hydrogen-bond acceptors (Lipinski definition) is 3. The highest BCUT2D eigenvalue weighted by Gasteiger charge is 2.43. The number of hydrogen-bond donors (Lipinski definition) is 1. The first-order valence-corrected chi connectivity index (χ1v) is 6.22. The van der Waals surface area contributed by atoms with Crippen LogP contribution in [-0.4, -0.2) is 24.9 Å². The number of aliphatic hydroxyl groups excluding tert-OH is 1. The summed E-state index contributed by atoms with van der Waals surface area (Å²) in [5, 5.41) is 8.86. The molecule has 1 unspecified atom stereocenters. The summed E-state index contributed by atoms with van der Waals surface area (Å²) in [5.74, 6) is -0.227. The minimum atomic E-state index is -3.76. The first kappa shape index (κ1) is 12.9. The van der Waals surface area contributed by atoms with Crippen LogP contribution in [0.25, 0.3) is 0 Å². The van der Waals surface area contributed by atoms with Gasteiger partial charge in [0.15, 0.2) is 0 Å². The van der Waals surface area contributed by atoms with E-state index in [0.29, 0.717) is 0 Å². The molecule has 0 fully saturated rings. The van der Waals surface area contributed by atoms with Gasteiger partial charge in [-0.2, -0.15) is 0 Å². The lowest BCUT2D eigenvalue weighted by molar-refractivity contribution is 0.308.